The summed E-state index contributed by atoms with van der Waals surface area (Å²) in [6.45, 7) is 2.06. The van der Waals surface area contributed by atoms with E-state index in [4.69, 9.17) is 4.74 Å². The van der Waals surface area contributed by atoms with E-state index in [1.54, 1.807) is 7.11 Å². The first-order valence-corrected chi connectivity index (χ1v) is 6.39. The van der Waals surface area contributed by atoms with Crippen LogP contribution in [0.25, 0.3) is 0 Å². The molecule has 1 aromatic rings. The van der Waals surface area contributed by atoms with Gasteiger partial charge in [-0.05, 0) is 30.2 Å². The maximum atomic E-state index is 5.16. The van der Waals surface area contributed by atoms with E-state index >= 15 is 0 Å². The van der Waals surface area contributed by atoms with Crippen molar-refractivity contribution in [2.45, 2.75) is 17.3 Å². The van der Waals surface area contributed by atoms with Crippen molar-refractivity contribution in [2.24, 2.45) is 0 Å². The van der Waals surface area contributed by atoms with Gasteiger partial charge in [0.2, 0.25) is 0 Å². The monoisotopic (exact) mass is 227 g/mol. The molecule has 1 atom stereocenters. The summed E-state index contributed by atoms with van der Waals surface area (Å²) in [7, 11) is 5.04. The van der Waals surface area contributed by atoms with Gasteiger partial charge in [-0.2, -0.15) is 11.2 Å². The molecule has 0 aromatic heterocycles. The Morgan fingerprint density at radius 3 is 2.77 bits per heavy atom. The van der Waals surface area contributed by atoms with Crippen LogP contribution in [0.4, 0.5) is 0 Å². The third-order valence-electron chi connectivity index (χ3n) is 1.86. The lowest BCUT2D eigenvalue weighted by atomic mass is 10.1. The molecule has 1 aromatic carbocycles. The fraction of sp³-hybridized carbons (Fsp3) is 0.333. The van der Waals surface area contributed by atoms with Crippen molar-refractivity contribution in [3.8, 4) is 0 Å². The van der Waals surface area contributed by atoms with E-state index in [0.717, 1.165) is 10.5 Å². The summed E-state index contributed by atoms with van der Waals surface area (Å²) in [5.74, 6) is 0. The van der Waals surface area contributed by atoms with Crippen LogP contribution in [-0.2, 0) is 4.74 Å². The van der Waals surface area contributed by atoms with Crippen LogP contribution in [0, 0.1) is 6.92 Å². The average Bonchev–Trinajstić information content (AvgIpc) is 2.17. The Bertz CT molecular complexity index is 291. The summed E-state index contributed by atoms with van der Waals surface area (Å²) in [6.07, 6.45) is 0. The molecule has 0 bridgehead atoms. The van der Waals surface area contributed by atoms with Crippen LogP contribution < -0.4 is 0 Å². The van der Waals surface area contributed by atoms with Crippen molar-refractivity contribution in [2.75, 3.05) is 7.11 Å². The fourth-order valence-corrected chi connectivity index (χ4v) is 2.06. The molecule has 0 aliphatic rings. The zero-order valence-electron chi connectivity index (χ0n) is 7.57. The van der Waals surface area contributed by atoms with Gasteiger partial charge < -0.3 is 4.74 Å². The molecule has 0 spiro atoms. The zero-order valence-corrected chi connectivity index (χ0v) is 10.3. The highest BCUT2D eigenvalue weighted by molar-refractivity contribution is 8.19. The molecule has 0 saturated carbocycles. The Balaban J connectivity index is 3.03. The fourth-order valence-electron chi connectivity index (χ4n) is 1.08. The van der Waals surface area contributed by atoms with Gasteiger partial charge >= 0.3 is 0 Å². The summed E-state index contributed by atoms with van der Waals surface area (Å²) >= 11 is 5.86. The van der Waals surface area contributed by atoms with Gasteiger partial charge in [-0.25, -0.2) is 0 Å². The lowest BCUT2D eigenvalue weighted by Gasteiger charge is -2.13. The summed E-state index contributed by atoms with van der Waals surface area (Å²) in [4.78, 5) is 1.16. The second-order valence-electron chi connectivity index (χ2n) is 2.71. The Morgan fingerprint density at radius 1 is 1.54 bits per heavy atom. The van der Waals surface area contributed by atoms with Gasteiger partial charge in [0.05, 0.1) is 0 Å². The van der Waals surface area contributed by atoms with Gasteiger partial charge in [-0.1, -0.05) is 6.07 Å². The van der Waals surface area contributed by atoms with Gasteiger partial charge in [0.15, 0.2) is 0 Å². The number of thiol groups is 1. The molecule has 1 unspecified atom stereocenters. The summed E-state index contributed by atoms with van der Waals surface area (Å²) in [6, 6.07) is 6.21. The molecule has 0 fully saturated rings. The molecular weight excluding hydrogens is 216 g/mol. The largest absolute Gasteiger partial charge is 0.366 e. The number of ether oxygens (including phenoxy) is 1. The molecule has 3 radical (unpaired) electrons. The molecule has 13 heavy (non-hydrogen) atoms. The van der Waals surface area contributed by atoms with Gasteiger partial charge in [0.1, 0.15) is 14.8 Å². The van der Waals surface area contributed by atoms with Gasteiger partial charge in [-0.3, -0.25) is 0 Å². The van der Waals surface area contributed by atoms with Crippen LogP contribution >= 0.6 is 23.8 Å². The number of aryl methyl sites for hydroxylation is 1. The third-order valence-corrected chi connectivity index (χ3v) is 3.54. The molecule has 0 N–H and O–H groups in total. The van der Waals surface area contributed by atoms with Crippen LogP contribution in [0.3, 0.4) is 0 Å². The van der Waals surface area contributed by atoms with Crippen molar-refractivity contribution in [1.82, 2.24) is 0 Å². The minimum atomic E-state index is -0.140. The van der Waals surface area contributed by atoms with Gasteiger partial charge in [0.25, 0.3) is 0 Å². The van der Waals surface area contributed by atoms with E-state index in [0.29, 0.717) is 0 Å². The Morgan fingerprint density at radius 2 is 2.23 bits per heavy atom. The van der Waals surface area contributed by atoms with E-state index in [1.807, 2.05) is 0 Å². The number of hydrogen-bond donors (Lipinski definition) is 1. The van der Waals surface area contributed by atoms with Crippen LogP contribution in [0.1, 0.15) is 16.6 Å². The Kier molecular flexibility index (Phi) is 4.38. The van der Waals surface area contributed by atoms with Crippen molar-refractivity contribution < 1.29 is 4.74 Å². The van der Waals surface area contributed by atoms with Gasteiger partial charge in [0, 0.05) is 12.0 Å². The van der Waals surface area contributed by atoms with Crippen LogP contribution in [0.5, 0.6) is 0 Å². The smallest absolute Gasteiger partial charge is 0.127 e. The van der Waals surface area contributed by atoms with Crippen LogP contribution in [-0.4, -0.2) is 16.5 Å². The van der Waals surface area contributed by atoms with E-state index < -0.39 is 0 Å². The van der Waals surface area contributed by atoms with E-state index in [1.165, 1.54) is 16.8 Å². The molecule has 1 rings (SSSR count). The second kappa shape index (κ2) is 5.10. The molecular formula is C9H11OS2Si. The van der Waals surface area contributed by atoms with Gasteiger partial charge in [-0.15, -0.1) is 12.6 Å². The number of hydrogen-bond acceptors (Lipinski definition) is 3. The predicted molar refractivity (Wildman–Crippen MR) is 61.5 cm³/mol. The second-order valence-corrected chi connectivity index (χ2v) is 4.47. The minimum Gasteiger partial charge on any atom is -0.366 e. The predicted octanol–water partition coefficient (Wildman–Crippen LogP) is 2.75. The minimum absolute atomic E-state index is 0.140. The molecule has 69 valence electrons. The quantitative estimate of drug-likeness (QED) is 0.483. The molecule has 1 nitrogen and oxygen atoms in total. The standard InChI is InChI=1S/C9H11OS2Si/c1-6-3-4-7(12-13)5-8(6)9(11)10-2/h3-5,9,11H,1-2H3. The summed E-state index contributed by atoms with van der Waals surface area (Å²) in [5.41, 5.74) is 2.18. The highest BCUT2D eigenvalue weighted by atomic mass is 32.4. The maximum Gasteiger partial charge on any atom is 0.127 e. The van der Waals surface area contributed by atoms with Crippen molar-refractivity contribution >= 4 is 33.2 Å². The van der Waals surface area contributed by atoms with Crippen molar-refractivity contribution in [3.63, 3.8) is 0 Å². The molecule has 0 heterocycles. The topological polar surface area (TPSA) is 9.23 Å². The Hall–Kier alpha value is 0.0969. The lowest BCUT2D eigenvalue weighted by Crippen LogP contribution is -1.96. The maximum absolute atomic E-state index is 5.16. The first-order chi connectivity index (χ1) is 6.19. The zero-order chi connectivity index (χ0) is 9.84. The summed E-state index contributed by atoms with van der Waals surface area (Å²) < 4.78 is 5.16. The molecule has 0 saturated heterocycles. The number of rotatable bonds is 3. The number of methoxy groups -OCH3 is 1. The van der Waals surface area contributed by atoms with Crippen LogP contribution in [0.2, 0.25) is 0 Å². The summed E-state index contributed by atoms with van der Waals surface area (Å²) in [5, 5.41) is 0. The highest BCUT2D eigenvalue weighted by Crippen LogP contribution is 2.27. The van der Waals surface area contributed by atoms with E-state index in [-0.39, 0.29) is 5.44 Å². The lowest BCUT2D eigenvalue weighted by molar-refractivity contribution is 0.177. The Labute approximate surface area is 91.7 Å². The molecule has 0 aliphatic carbocycles. The molecule has 0 amide bonds. The van der Waals surface area contributed by atoms with Crippen LogP contribution in [0.15, 0.2) is 23.1 Å². The number of benzene rings is 1. The van der Waals surface area contributed by atoms with Crippen molar-refractivity contribution in [3.05, 3.63) is 29.3 Å². The van der Waals surface area contributed by atoms with E-state index in [9.17, 15) is 0 Å². The molecule has 4 heteroatoms. The third kappa shape index (κ3) is 2.77. The van der Waals surface area contributed by atoms with E-state index in [2.05, 4.69) is 47.1 Å². The first kappa shape index (κ1) is 11.2. The molecule has 0 aliphatic heterocycles. The highest BCUT2D eigenvalue weighted by Gasteiger charge is 2.08. The first-order valence-electron chi connectivity index (χ1n) is 3.84. The SMILES string of the molecule is COC(S)c1cc(S[Si])ccc1C. The average molecular weight is 227 g/mol. The van der Waals surface area contributed by atoms with Crippen molar-refractivity contribution in [1.29, 1.82) is 0 Å². The normalized spacial score (nSPS) is 12.9.